The molecule has 2 aliphatic rings. The number of nitrogens with zero attached hydrogens (tertiary/aromatic N) is 5. The molecule has 0 amide bonds. The van der Waals surface area contributed by atoms with Crippen molar-refractivity contribution in [2.75, 3.05) is 24.5 Å². The predicted molar refractivity (Wildman–Crippen MR) is 94.9 cm³/mol. The number of nitriles is 1. The number of fused-ring (bicyclic) bond motifs is 1. The number of likely N-dealkylation sites (tertiary alicyclic amines) is 1. The van der Waals surface area contributed by atoms with Gasteiger partial charge in [-0.25, -0.2) is 9.97 Å². The van der Waals surface area contributed by atoms with Crippen LogP contribution < -0.4 is 4.90 Å². The van der Waals surface area contributed by atoms with Crippen molar-refractivity contribution >= 4 is 17.2 Å². The zero-order valence-electron chi connectivity index (χ0n) is 13.9. The minimum Gasteiger partial charge on any atom is -0.350 e. The molecule has 4 heterocycles. The van der Waals surface area contributed by atoms with Crippen LogP contribution in [0.1, 0.15) is 28.3 Å². The van der Waals surface area contributed by atoms with Gasteiger partial charge in [0.1, 0.15) is 6.07 Å². The first kappa shape index (κ1) is 15.6. The van der Waals surface area contributed by atoms with Crippen LogP contribution in [-0.4, -0.2) is 40.5 Å². The van der Waals surface area contributed by atoms with E-state index in [0.717, 1.165) is 32.0 Å². The van der Waals surface area contributed by atoms with E-state index < -0.39 is 0 Å². The Morgan fingerprint density at radius 1 is 1.25 bits per heavy atom. The number of aryl methyl sites for hydroxylation is 1. The molecule has 2 saturated heterocycles. The molecule has 124 valence electrons. The fraction of sp³-hybridized carbons (Fsp3) is 0.500. The van der Waals surface area contributed by atoms with Gasteiger partial charge in [-0.05, 0) is 44.4 Å². The van der Waals surface area contributed by atoms with Crippen molar-refractivity contribution in [2.24, 2.45) is 5.92 Å². The van der Waals surface area contributed by atoms with Crippen LogP contribution in [0.4, 0.5) is 5.82 Å². The highest BCUT2D eigenvalue weighted by Gasteiger charge is 2.39. The Bertz CT molecular complexity index is 765. The average Bonchev–Trinajstić information content (AvgIpc) is 3.20. The smallest absolute Gasteiger partial charge is 0.183 e. The molecule has 2 aromatic heterocycles. The molecular weight excluding hydrogens is 318 g/mol. The first-order valence-corrected chi connectivity index (χ1v) is 9.31. The summed E-state index contributed by atoms with van der Waals surface area (Å²) in [6.45, 7) is 6.38. The topological polar surface area (TPSA) is 56.1 Å². The third-order valence-electron chi connectivity index (χ3n) is 5.18. The van der Waals surface area contributed by atoms with Crippen LogP contribution in [0.15, 0.2) is 24.5 Å². The van der Waals surface area contributed by atoms with Crippen molar-refractivity contribution < 1.29 is 0 Å². The predicted octanol–water partition coefficient (Wildman–Crippen LogP) is 2.82. The van der Waals surface area contributed by atoms with Gasteiger partial charge in [0.25, 0.3) is 0 Å². The third kappa shape index (κ3) is 2.90. The molecular formula is C18H21N5S. The Morgan fingerprint density at radius 3 is 2.88 bits per heavy atom. The summed E-state index contributed by atoms with van der Waals surface area (Å²) in [5.74, 6) is 1.47. The van der Waals surface area contributed by atoms with E-state index >= 15 is 0 Å². The van der Waals surface area contributed by atoms with E-state index in [1.54, 1.807) is 12.4 Å². The molecule has 0 aromatic carbocycles. The normalized spacial score (nSPS) is 23.9. The molecule has 0 aliphatic carbocycles. The average molecular weight is 339 g/mol. The summed E-state index contributed by atoms with van der Waals surface area (Å²) in [5.41, 5.74) is 0.448. The maximum absolute atomic E-state index is 9.34. The summed E-state index contributed by atoms with van der Waals surface area (Å²) in [6, 6.07) is 7.09. The van der Waals surface area contributed by atoms with Crippen molar-refractivity contribution in [1.29, 1.82) is 5.26 Å². The van der Waals surface area contributed by atoms with Gasteiger partial charge in [-0.3, -0.25) is 4.90 Å². The molecule has 0 spiro atoms. The van der Waals surface area contributed by atoms with Crippen LogP contribution in [0.5, 0.6) is 0 Å². The van der Waals surface area contributed by atoms with Crippen LogP contribution in [0.3, 0.4) is 0 Å². The van der Waals surface area contributed by atoms with Crippen LogP contribution in [-0.2, 0) is 6.54 Å². The quantitative estimate of drug-likeness (QED) is 0.861. The molecule has 0 radical (unpaired) electrons. The second-order valence-electron chi connectivity index (χ2n) is 6.69. The summed E-state index contributed by atoms with van der Waals surface area (Å²) in [6.07, 6.45) is 5.71. The van der Waals surface area contributed by atoms with Gasteiger partial charge in [-0.1, -0.05) is 0 Å². The number of piperidine rings is 1. The first-order chi connectivity index (χ1) is 11.7. The maximum atomic E-state index is 9.34. The van der Waals surface area contributed by atoms with Crippen LogP contribution >= 0.6 is 11.3 Å². The molecule has 2 aromatic rings. The van der Waals surface area contributed by atoms with Crippen LogP contribution in [0.25, 0.3) is 0 Å². The highest BCUT2D eigenvalue weighted by atomic mass is 32.1. The highest BCUT2D eigenvalue weighted by molar-refractivity contribution is 7.11. The molecule has 2 unspecified atom stereocenters. The lowest BCUT2D eigenvalue weighted by Crippen LogP contribution is -2.48. The Labute approximate surface area is 146 Å². The molecule has 5 nitrogen and oxygen atoms in total. The van der Waals surface area contributed by atoms with Crippen molar-refractivity contribution in [3.63, 3.8) is 0 Å². The molecule has 2 fully saturated rings. The molecule has 0 bridgehead atoms. The highest BCUT2D eigenvalue weighted by Crippen LogP contribution is 2.35. The standard InChI is InChI=1S/C18H21N5S/c1-13-2-3-15(24-13)11-22-8-4-14-5-9-23(17(14)12-22)18-16(10-19)20-6-7-21-18/h2-3,6-7,14,17H,4-5,8-9,11-12H2,1H3. The zero-order valence-corrected chi connectivity index (χ0v) is 14.7. The van der Waals surface area contributed by atoms with Crippen LogP contribution in [0, 0.1) is 24.2 Å². The fourth-order valence-corrected chi connectivity index (χ4v) is 4.96. The van der Waals surface area contributed by atoms with Gasteiger partial charge in [-0.2, -0.15) is 5.26 Å². The first-order valence-electron chi connectivity index (χ1n) is 8.50. The lowest BCUT2D eigenvalue weighted by molar-refractivity contribution is 0.168. The fourth-order valence-electron chi connectivity index (χ4n) is 4.02. The van der Waals surface area contributed by atoms with Crippen LogP contribution in [0.2, 0.25) is 0 Å². The largest absolute Gasteiger partial charge is 0.350 e. The van der Waals surface area contributed by atoms with E-state index in [4.69, 9.17) is 0 Å². The minimum atomic E-state index is 0.448. The maximum Gasteiger partial charge on any atom is 0.183 e. The summed E-state index contributed by atoms with van der Waals surface area (Å²) in [7, 11) is 0. The van der Waals surface area contributed by atoms with Gasteiger partial charge < -0.3 is 4.90 Å². The summed E-state index contributed by atoms with van der Waals surface area (Å²) in [4.78, 5) is 16.3. The molecule has 2 atom stereocenters. The van der Waals surface area contributed by atoms with Crippen molar-refractivity contribution in [3.8, 4) is 6.07 Å². The van der Waals surface area contributed by atoms with Gasteiger partial charge >= 0.3 is 0 Å². The van der Waals surface area contributed by atoms with E-state index in [1.807, 2.05) is 11.3 Å². The van der Waals surface area contributed by atoms with Gasteiger partial charge in [0.2, 0.25) is 0 Å². The molecule has 0 saturated carbocycles. The Kier molecular flexibility index (Phi) is 4.21. The van der Waals surface area contributed by atoms with Crippen molar-refractivity contribution in [2.45, 2.75) is 32.4 Å². The minimum absolute atomic E-state index is 0.448. The number of rotatable bonds is 3. The van der Waals surface area contributed by atoms with Gasteiger partial charge in [0.15, 0.2) is 11.5 Å². The van der Waals surface area contributed by atoms with E-state index in [2.05, 4.69) is 44.9 Å². The summed E-state index contributed by atoms with van der Waals surface area (Å²) < 4.78 is 0. The lowest BCUT2D eigenvalue weighted by atomic mass is 9.92. The van der Waals surface area contributed by atoms with Gasteiger partial charge in [0.05, 0.1) is 0 Å². The molecule has 24 heavy (non-hydrogen) atoms. The van der Waals surface area contributed by atoms with E-state index in [9.17, 15) is 5.26 Å². The number of thiophene rings is 1. The number of hydrogen-bond acceptors (Lipinski definition) is 6. The second kappa shape index (κ2) is 6.50. The Balaban J connectivity index is 1.52. The van der Waals surface area contributed by atoms with E-state index in [0.29, 0.717) is 17.7 Å². The molecule has 2 aliphatic heterocycles. The van der Waals surface area contributed by atoms with Gasteiger partial charge in [-0.15, -0.1) is 11.3 Å². The number of anilines is 1. The van der Waals surface area contributed by atoms with E-state index in [1.165, 1.54) is 22.6 Å². The Hall–Kier alpha value is -1.97. The van der Waals surface area contributed by atoms with Gasteiger partial charge in [0, 0.05) is 47.8 Å². The molecule has 6 heteroatoms. The Morgan fingerprint density at radius 2 is 2.08 bits per heavy atom. The van der Waals surface area contributed by atoms with Crippen molar-refractivity contribution in [3.05, 3.63) is 40.0 Å². The summed E-state index contributed by atoms with van der Waals surface area (Å²) in [5, 5.41) is 9.34. The van der Waals surface area contributed by atoms with E-state index in [-0.39, 0.29) is 0 Å². The molecule has 0 N–H and O–H groups in total. The number of hydrogen-bond donors (Lipinski definition) is 0. The molecule has 4 rings (SSSR count). The lowest BCUT2D eigenvalue weighted by Gasteiger charge is -2.38. The monoisotopic (exact) mass is 339 g/mol. The second-order valence-corrected chi connectivity index (χ2v) is 8.06. The summed E-state index contributed by atoms with van der Waals surface area (Å²) >= 11 is 1.89. The zero-order chi connectivity index (χ0) is 16.5. The third-order valence-corrected chi connectivity index (χ3v) is 6.16. The van der Waals surface area contributed by atoms with Crippen molar-refractivity contribution in [1.82, 2.24) is 14.9 Å². The number of aromatic nitrogens is 2. The SMILES string of the molecule is Cc1ccc(CN2CCC3CCN(c4nccnc4C#N)C3C2)s1.